The van der Waals surface area contributed by atoms with Crippen LogP contribution in [0.4, 0.5) is 18.9 Å². The molecule has 1 N–H and O–H groups in total. The molecule has 0 atom stereocenters. The van der Waals surface area contributed by atoms with Gasteiger partial charge in [-0.05, 0) is 18.2 Å². The van der Waals surface area contributed by atoms with E-state index in [4.69, 9.17) is 11.6 Å². The Labute approximate surface area is 127 Å². The fourth-order valence-corrected chi connectivity index (χ4v) is 2.86. The second-order valence-electron chi connectivity index (χ2n) is 4.31. The molecule has 2 amide bonds. The van der Waals surface area contributed by atoms with Crippen LogP contribution in [0.5, 0.6) is 0 Å². The minimum atomic E-state index is -4.60. The van der Waals surface area contributed by atoms with Crippen LogP contribution in [0.3, 0.4) is 0 Å². The van der Waals surface area contributed by atoms with Crippen LogP contribution in [-0.2, 0) is 15.8 Å². The number of rotatable bonds is 3. The summed E-state index contributed by atoms with van der Waals surface area (Å²) in [7, 11) is 0. The second-order valence-corrected chi connectivity index (χ2v) is 5.67. The number of hydrogen-bond acceptors (Lipinski definition) is 3. The van der Waals surface area contributed by atoms with Gasteiger partial charge >= 0.3 is 6.18 Å². The van der Waals surface area contributed by atoms with E-state index in [9.17, 15) is 22.8 Å². The standard InChI is InChI=1S/C12H10ClF3N2O2S/c13-9-2-1-7(3-8(9)12(14,15)16)17-10(19)4-18-6-21-5-11(18)20/h1-3H,4-6H2,(H,17,19). The van der Waals surface area contributed by atoms with Gasteiger partial charge in [-0.1, -0.05) is 11.6 Å². The normalized spacial score (nSPS) is 15.4. The Bertz CT molecular complexity index is 580. The monoisotopic (exact) mass is 338 g/mol. The van der Waals surface area contributed by atoms with Crippen LogP contribution >= 0.6 is 23.4 Å². The molecule has 1 saturated heterocycles. The molecule has 1 aromatic rings. The summed E-state index contributed by atoms with van der Waals surface area (Å²) in [4.78, 5) is 24.4. The summed E-state index contributed by atoms with van der Waals surface area (Å²) >= 11 is 6.86. The lowest BCUT2D eigenvalue weighted by Crippen LogP contribution is -2.34. The van der Waals surface area contributed by atoms with E-state index in [1.165, 1.54) is 22.7 Å². The number of alkyl halides is 3. The fraction of sp³-hybridized carbons (Fsp3) is 0.333. The molecule has 1 aliphatic heterocycles. The minimum Gasteiger partial charge on any atom is -0.325 e. The number of nitrogens with one attached hydrogen (secondary N) is 1. The third-order valence-corrected chi connectivity index (χ3v) is 3.99. The molecule has 0 radical (unpaired) electrons. The van der Waals surface area contributed by atoms with Gasteiger partial charge in [-0.2, -0.15) is 13.2 Å². The maximum Gasteiger partial charge on any atom is 0.417 e. The third kappa shape index (κ3) is 4.04. The zero-order chi connectivity index (χ0) is 15.6. The van der Waals surface area contributed by atoms with Gasteiger partial charge < -0.3 is 10.2 Å². The largest absolute Gasteiger partial charge is 0.417 e. The summed E-state index contributed by atoms with van der Waals surface area (Å²) in [6.07, 6.45) is -4.60. The quantitative estimate of drug-likeness (QED) is 0.922. The Morgan fingerprint density at radius 3 is 2.71 bits per heavy atom. The van der Waals surface area contributed by atoms with Crippen LogP contribution in [0.25, 0.3) is 0 Å². The molecule has 4 nitrogen and oxygen atoms in total. The van der Waals surface area contributed by atoms with E-state index in [1.54, 1.807) is 0 Å². The molecule has 2 rings (SSSR count). The summed E-state index contributed by atoms with van der Waals surface area (Å²) in [5.74, 6) is -0.00355. The molecule has 1 fully saturated rings. The summed E-state index contributed by atoms with van der Waals surface area (Å²) in [6.45, 7) is -0.185. The highest BCUT2D eigenvalue weighted by atomic mass is 35.5. The Balaban J connectivity index is 2.06. The SMILES string of the molecule is O=C(CN1CSCC1=O)Nc1ccc(Cl)c(C(F)(F)F)c1. The average molecular weight is 339 g/mol. The molecule has 1 aliphatic rings. The van der Waals surface area contributed by atoms with Gasteiger partial charge in [0.25, 0.3) is 0 Å². The molecule has 1 heterocycles. The van der Waals surface area contributed by atoms with E-state index in [-0.39, 0.29) is 18.1 Å². The maximum absolute atomic E-state index is 12.7. The first kappa shape index (κ1) is 16.0. The van der Waals surface area contributed by atoms with E-state index in [2.05, 4.69) is 5.32 Å². The van der Waals surface area contributed by atoms with Gasteiger partial charge in [0.2, 0.25) is 11.8 Å². The van der Waals surface area contributed by atoms with Crippen molar-refractivity contribution in [3.63, 3.8) is 0 Å². The van der Waals surface area contributed by atoms with Gasteiger partial charge in [-0.25, -0.2) is 0 Å². The highest BCUT2D eigenvalue weighted by molar-refractivity contribution is 8.00. The lowest BCUT2D eigenvalue weighted by atomic mass is 10.2. The van der Waals surface area contributed by atoms with Gasteiger partial charge in [-0.3, -0.25) is 9.59 Å². The summed E-state index contributed by atoms with van der Waals surface area (Å²) in [6, 6.07) is 3.10. The molecule has 0 spiro atoms. The van der Waals surface area contributed by atoms with Crippen molar-refractivity contribution in [1.29, 1.82) is 0 Å². The van der Waals surface area contributed by atoms with E-state index in [0.29, 0.717) is 11.6 Å². The van der Waals surface area contributed by atoms with Crippen molar-refractivity contribution in [2.45, 2.75) is 6.18 Å². The highest BCUT2D eigenvalue weighted by Gasteiger charge is 2.33. The molecule has 0 unspecified atom stereocenters. The first-order valence-electron chi connectivity index (χ1n) is 5.79. The molecule has 0 aromatic heterocycles. The van der Waals surface area contributed by atoms with Crippen molar-refractivity contribution in [1.82, 2.24) is 4.90 Å². The van der Waals surface area contributed by atoms with Crippen molar-refractivity contribution in [3.05, 3.63) is 28.8 Å². The number of halogens is 4. The molecular weight excluding hydrogens is 329 g/mol. The molecular formula is C12H10ClF3N2O2S. The van der Waals surface area contributed by atoms with Crippen molar-refractivity contribution in [2.24, 2.45) is 0 Å². The highest BCUT2D eigenvalue weighted by Crippen LogP contribution is 2.36. The van der Waals surface area contributed by atoms with Gasteiger partial charge in [0.1, 0.15) is 6.54 Å². The molecule has 0 saturated carbocycles. The van der Waals surface area contributed by atoms with E-state index in [0.717, 1.165) is 12.1 Å². The van der Waals surface area contributed by atoms with Crippen LogP contribution in [0.15, 0.2) is 18.2 Å². The zero-order valence-corrected chi connectivity index (χ0v) is 12.1. The predicted octanol–water partition coefficient (Wildman–Crippen LogP) is 2.83. The van der Waals surface area contributed by atoms with Crippen molar-refractivity contribution >= 4 is 40.9 Å². The number of carbonyl (C=O) groups excluding carboxylic acids is 2. The maximum atomic E-state index is 12.7. The van der Waals surface area contributed by atoms with Crippen LogP contribution in [-0.4, -0.2) is 34.9 Å². The van der Waals surface area contributed by atoms with E-state index >= 15 is 0 Å². The topological polar surface area (TPSA) is 49.4 Å². The summed E-state index contributed by atoms with van der Waals surface area (Å²) < 4.78 is 38.1. The number of hydrogen-bond donors (Lipinski definition) is 1. The number of amides is 2. The molecule has 0 aliphatic carbocycles. The third-order valence-electron chi connectivity index (χ3n) is 2.72. The Morgan fingerprint density at radius 2 is 2.14 bits per heavy atom. The zero-order valence-electron chi connectivity index (χ0n) is 10.5. The lowest BCUT2D eigenvalue weighted by molar-refractivity contribution is -0.137. The van der Waals surface area contributed by atoms with E-state index < -0.39 is 22.7 Å². The molecule has 0 bridgehead atoms. The van der Waals surface area contributed by atoms with Gasteiger partial charge in [0, 0.05) is 5.69 Å². The first-order chi connectivity index (χ1) is 9.77. The molecule has 9 heteroatoms. The average Bonchev–Trinajstić information content (AvgIpc) is 2.76. The number of carbonyl (C=O) groups is 2. The van der Waals surface area contributed by atoms with Crippen LogP contribution < -0.4 is 5.32 Å². The number of anilines is 1. The Hall–Kier alpha value is -1.41. The molecule has 21 heavy (non-hydrogen) atoms. The predicted molar refractivity (Wildman–Crippen MR) is 74.1 cm³/mol. The van der Waals surface area contributed by atoms with Crippen molar-refractivity contribution < 1.29 is 22.8 Å². The van der Waals surface area contributed by atoms with Crippen LogP contribution in [0.1, 0.15) is 5.56 Å². The van der Waals surface area contributed by atoms with Crippen LogP contribution in [0, 0.1) is 0 Å². The second kappa shape index (κ2) is 6.15. The van der Waals surface area contributed by atoms with Gasteiger partial charge in [-0.15, -0.1) is 11.8 Å². The summed E-state index contributed by atoms with van der Waals surface area (Å²) in [5, 5.41) is 1.89. The van der Waals surface area contributed by atoms with Crippen molar-refractivity contribution in [3.8, 4) is 0 Å². The fourth-order valence-electron chi connectivity index (χ4n) is 1.73. The Morgan fingerprint density at radius 1 is 1.43 bits per heavy atom. The number of benzene rings is 1. The van der Waals surface area contributed by atoms with Gasteiger partial charge in [0.05, 0.1) is 22.2 Å². The lowest BCUT2D eigenvalue weighted by Gasteiger charge is -2.15. The first-order valence-corrected chi connectivity index (χ1v) is 7.33. The van der Waals surface area contributed by atoms with E-state index in [1.807, 2.05) is 0 Å². The smallest absolute Gasteiger partial charge is 0.325 e. The van der Waals surface area contributed by atoms with Crippen molar-refractivity contribution in [2.75, 3.05) is 23.5 Å². The van der Waals surface area contributed by atoms with Gasteiger partial charge in [0.15, 0.2) is 0 Å². The molecule has 114 valence electrons. The molecule has 1 aromatic carbocycles. The number of nitrogens with zero attached hydrogens (tertiary/aromatic N) is 1. The van der Waals surface area contributed by atoms with Crippen LogP contribution in [0.2, 0.25) is 5.02 Å². The minimum absolute atomic E-state index is 0.0176. The summed E-state index contributed by atoms with van der Waals surface area (Å²) in [5.41, 5.74) is -1.04. The number of thioether (sulfide) groups is 1. The Kier molecular flexibility index (Phi) is 4.67.